The van der Waals surface area contributed by atoms with Crippen molar-refractivity contribution in [3.8, 4) is 5.75 Å². The Morgan fingerprint density at radius 2 is 1.78 bits per heavy atom. The van der Waals surface area contributed by atoms with Crippen LogP contribution in [-0.4, -0.2) is 96.3 Å². The molecule has 0 spiro atoms. The minimum Gasteiger partial charge on any atom is -0.508 e. The number of piperazine rings is 1. The number of hydrogen-bond acceptors (Lipinski definition) is 6. The Kier molecular flexibility index (Phi) is 9.23. The number of carbonyl (C=O) groups excluding carboxylic acids is 3. The van der Waals surface area contributed by atoms with E-state index in [-0.39, 0.29) is 37.5 Å². The van der Waals surface area contributed by atoms with Gasteiger partial charge < -0.3 is 25.1 Å². The highest BCUT2D eigenvalue weighted by atomic mass is 35.5. The predicted octanol–water partition coefficient (Wildman–Crippen LogP) is 2.50. The number of hydrazine groups is 1. The van der Waals surface area contributed by atoms with Gasteiger partial charge in [-0.15, -0.1) is 0 Å². The number of phenols is 1. The summed E-state index contributed by atoms with van der Waals surface area (Å²) in [5.41, 5.74) is 3.04. The number of anilines is 1. The molecule has 2 fully saturated rings. The van der Waals surface area contributed by atoms with Crippen molar-refractivity contribution in [1.29, 1.82) is 0 Å². The summed E-state index contributed by atoms with van der Waals surface area (Å²) in [6.07, 6.45) is -0.541. The van der Waals surface area contributed by atoms with Gasteiger partial charge in [0.05, 0.1) is 13.1 Å². The first-order valence-corrected chi connectivity index (χ1v) is 12.5. The van der Waals surface area contributed by atoms with Crippen LogP contribution < -0.4 is 10.2 Å². The van der Waals surface area contributed by atoms with Gasteiger partial charge >= 0.3 is 6.03 Å². The lowest BCUT2D eigenvalue weighted by Gasteiger charge is -2.51. The largest absolute Gasteiger partial charge is 0.508 e. The van der Waals surface area contributed by atoms with Crippen LogP contribution in [0.2, 0.25) is 5.02 Å². The molecule has 0 saturated carbocycles. The summed E-state index contributed by atoms with van der Waals surface area (Å²) in [6, 6.07) is 12.4. The highest BCUT2D eigenvalue weighted by Crippen LogP contribution is 2.27. The minimum absolute atomic E-state index is 0.0435. The fourth-order valence-electron chi connectivity index (χ4n) is 4.32. The van der Waals surface area contributed by atoms with Gasteiger partial charge in [0.15, 0.2) is 0 Å². The molecule has 2 heterocycles. The van der Waals surface area contributed by atoms with Gasteiger partial charge in [0.2, 0.25) is 11.8 Å². The van der Waals surface area contributed by atoms with Crippen LogP contribution in [-0.2, 0) is 16.1 Å². The molecule has 2 aromatic carbocycles. The summed E-state index contributed by atoms with van der Waals surface area (Å²) in [7, 11) is 5.54. The van der Waals surface area contributed by atoms with E-state index in [1.165, 1.54) is 15.5 Å². The normalized spacial score (nSPS) is 17.7. The van der Waals surface area contributed by atoms with Gasteiger partial charge in [-0.3, -0.25) is 9.59 Å². The summed E-state index contributed by atoms with van der Waals surface area (Å²) in [4.78, 5) is 43.0. The maximum atomic E-state index is 12.8. The molecule has 200 valence electrons. The number of likely N-dealkylation sites (N-methyl/N-ethyl adjacent to an activating group) is 1. The van der Waals surface area contributed by atoms with Gasteiger partial charge in [-0.2, -0.15) is 0 Å². The second-order valence-corrected chi connectivity index (χ2v) is 9.71. The molecule has 37 heavy (non-hydrogen) atoms. The first-order valence-electron chi connectivity index (χ1n) is 12.1. The van der Waals surface area contributed by atoms with Crippen molar-refractivity contribution in [3.05, 3.63) is 58.6 Å². The Hall–Kier alpha value is -3.50. The van der Waals surface area contributed by atoms with E-state index in [1.54, 1.807) is 35.2 Å². The molecule has 0 aromatic heterocycles. The number of rotatable bonds is 4. The SMILES string of the molecule is CCNC(=O)N1C2CN(Cc3ccc(Cl)cc3N(C)C)C(=O)CN2C(=O)CN1C.Cc1ccc(O)cc1. The Bertz CT molecular complexity index is 1110. The molecule has 1 atom stereocenters. The zero-order chi connectivity index (χ0) is 27.3. The van der Waals surface area contributed by atoms with E-state index < -0.39 is 6.17 Å². The van der Waals surface area contributed by atoms with Gasteiger partial charge in [-0.05, 0) is 43.7 Å². The lowest BCUT2D eigenvalue weighted by Crippen LogP contribution is -2.73. The van der Waals surface area contributed by atoms with E-state index >= 15 is 0 Å². The predicted molar refractivity (Wildman–Crippen MR) is 143 cm³/mol. The van der Waals surface area contributed by atoms with E-state index in [9.17, 15) is 14.4 Å². The fourth-order valence-corrected chi connectivity index (χ4v) is 4.48. The van der Waals surface area contributed by atoms with Gasteiger partial charge in [-0.1, -0.05) is 35.4 Å². The van der Waals surface area contributed by atoms with Crippen LogP contribution in [0.3, 0.4) is 0 Å². The van der Waals surface area contributed by atoms with E-state index in [0.29, 0.717) is 23.9 Å². The Labute approximate surface area is 222 Å². The number of aryl methyl sites for hydroxylation is 1. The summed E-state index contributed by atoms with van der Waals surface area (Å²) in [5.74, 6) is 0.0248. The fraction of sp³-hybridized carbons (Fsp3) is 0.423. The number of urea groups is 1. The van der Waals surface area contributed by atoms with Crippen LogP contribution in [0, 0.1) is 6.92 Å². The van der Waals surface area contributed by atoms with Crippen LogP contribution in [0.15, 0.2) is 42.5 Å². The molecule has 0 radical (unpaired) electrons. The number of halogens is 1. The van der Waals surface area contributed by atoms with Crippen LogP contribution in [0.25, 0.3) is 0 Å². The van der Waals surface area contributed by atoms with Crippen molar-refractivity contribution < 1.29 is 19.5 Å². The number of fused-ring (bicyclic) bond motifs is 1. The summed E-state index contributed by atoms with van der Waals surface area (Å²) >= 11 is 6.13. The minimum atomic E-state index is -0.541. The smallest absolute Gasteiger partial charge is 0.333 e. The third kappa shape index (κ3) is 6.84. The van der Waals surface area contributed by atoms with E-state index in [1.807, 2.05) is 57.1 Å². The standard InChI is InChI=1S/C19H27ClN6O3.C7H8O/c1-5-21-19(29)26-16-10-24(17(27)12-25(16)18(28)11-23(26)4)9-13-6-7-14(20)8-15(13)22(2)3;1-6-2-4-7(8)5-3-6/h6-8,16H,5,9-12H2,1-4H3,(H,21,29);2-5,8H,1H3. The third-order valence-corrected chi connectivity index (χ3v) is 6.43. The summed E-state index contributed by atoms with van der Waals surface area (Å²) in [6.45, 7) is 4.92. The van der Waals surface area contributed by atoms with Gasteiger partial charge in [0, 0.05) is 44.9 Å². The van der Waals surface area contributed by atoms with Crippen molar-refractivity contribution >= 4 is 35.1 Å². The van der Waals surface area contributed by atoms with Gasteiger partial charge in [0.25, 0.3) is 0 Å². The van der Waals surface area contributed by atoms with Gasteiger partial charge in [-0.25, -0.2) is 14.8 Å². The van der Waals surface area contributed by atoms with E-state index in [2.05, 4.69) is 5.32 Å². The molecule has 11 heteroatoms. The zero-order valence-electron chi connectivity index (χ0n) is 21.9. The average Bonchev–Trinajstić information content (AvgIpc) is 2.83. The molecule has 2 aliphatic rings. The summed E-state index contributed by atoms with van der Waals surface area (Å²) in [5, 5.41) is 15.3. The number of carbonyl (C=O) groups is 3. The molecule has 10 nitrogen and oxygen atoms in total. The molecule has 2 aromatic rings. The Morgan fingerprint density at radius 1 is 1.11 bits per heavy atom. The number of nitrogens with one attached hydrogen (secondary N) is 1. The van der Waals surface area contributed by atoms with Crippen molar-refractivity contribution in [1.82, 2.24) is 25.1 Å². The number of aromatic hydroxyl groups is 1. The van der Waals surface area contributed by atoms with Crippen LogP contribution >= 0.6 is 11.6 Å². The monoisotopic (exact) mass is 530 g/mol. The highest BCUT2D eigenvalue weighted by molar-refractivity contribution is 6.30. The highest BCUT2D eigenvalue weighted by Gasteiger charge is 2.45. The number of benzene rings is 2. The van der Waals surface area contributed by atoms with Gasteiger partial charge in [0.1, 0.15) is 18.5 Å². The van der Waals surface area contributed by atoms with Crippen LogP contribution in [0.1, 0.15) is 18.1 Å². The molecule has 1 unspecified atom stereocenters. The van der Waals surface area contributed by atoms with Crippen molar-refractivity contribution in [2.45, 2.75) is 26.6 Å². The van der Waals surface area contributed by atoms with E-state index in [4.69, 9.17) is 16.7 Å². The third-order valence-electron chi connectivity index (χ3n) is 6.20. The van der Waals surface area contributed by atoms with Crippen molar-refractivity contribution in [2.75, 3.05) is 52.2 Å². The lowest BCUT2D eigenvalue weighted by atomic mass is 10.1. The molecule has 2 N–H and O–H groups in total. The summed E-state index contributed by atoms with van der Waals surface area (Å²) < 4.78 is 0. The van der Waals surface area contributed by atoms with Crippen LogP contribution in [0.5, 0.6) is 5.75 Å². The zero-order valence-corrected chi connectivity index (χ0v) is 22.7. The molecular formula is C26H35ClN6O4. The molecule has 4 rings (SSSR count). The molecular weight excluding hydrogens is 496 g/mol. The molecule has 0 aliphatic carbocycles. The Balaban J connectivity index is 0.000000405. The van der Waals surface area contributed by atoms with E-state index in [0.717, 1.165) is 11.3 Å². The lowest BCUT2D eigenvalue weighted by molar-refractivity contribution is -0.178. The maximum Gasteiger partial charge on any atom is 0.333 e. The molecule has 0 bridgehead atoms. The number of phenolic OH excluding ortho intramolecular Hbond substituents is 1. The topological polar surface area (TPSA) is 99.7 Å². The second-order valence-electron chi connectivity index (χ2n) is 9.28. The van der Waals surface area contributed by atoms with Crippen molar-refractivity contribution in [3.63, 3.8) is 0 Å². The van der Waals surface area contributed by atoms with Crippen LogP contribution in [0.4, 0.5) is 10.5 Å². The second kappa shape index (κ2) is 12.2. The number of amides is 4. The maximum absolute atomic E-state index is 12.8. The number of hydrogen-bond donors (Lipinski definition) is 2. The van der Waals surface area contributed by atoms with Crippen molar-refractivity contribution in [2.24, 2.45) is 0 Å². The quantitative estimate of drug-likeness (QED) is 0.630. The first kappa shape index (κ1) is 28.1. The molecule has 4 amide bonds. The molecule has 2 saturated heterocycles. The Morgan fingerprint density at radius 3 is 2.38 bits per heavy atom. The number of nitrogens with zero attached hydrogens (tertiary/aromatic N) is 5. The average molecular weight is 531 g/mol. The first-order chi connectivity index (χ1) is 17.5. The molecule has 2 aliphatic heterocycles.